The summed E-state index contributed by atoms with van der Waals surface area (Å²) in [6.45, 7) is 0.305. The molecule has 0 aliphatic carbocycles. The number of alkyl halides is 15. The number of aryl methyl sites for hydroxylation is 2. The summed E-state index contributed by atoms with van der Waals surface area (Å²) >= 11 is 0. The van der Waals surface area contributed by atoms with Crippen LogP contribution in [0.2, 0.25) is 0 Å². The van der Waals surface area contributed by atoms with Gasteiger partial charge >= 0.3 is 47.6 Å². The Labute approximate surface area is 206 Å². The molecule has 0 saturated heterocycles. The van der Waals surface area contributed by atoms with Gasteiger partial charge in [0, 0.05) is 12.2 Å². The van der Waals surface area contributed by atoms with Crippen molar-refractivity contribution in [3.63, 3.8) is 0 Å². The fraction of sp³-hybridized carbons (Fsp3) is 0.556. The summed E-state index contributed by atoms with van der Waals surface area (Å²) in [6.07, 6.45) is -5.77. The fourth-order valence-electron chi connectivity index (χ4n) is 2.80. The van der Waals surface area contributed by atoms with E-state index in [0.717, 1.165) is 29.6 Å². The second kappa shape index (κ2) is 10.0. The molecule has 0 unspecified atom stereocenters. The van der Waals surface area contributed by atoms with Gasteiger partial charge in [-0.05, 0) is 41.0 Å². The molecule has 1 heterocycles. The molecular weight excluding hydrogens is 587 g/mol. The maximum atomic E-state index is 14.0. The van der Waals surface area contributed by atoms with Crippen molar-refractivity contribution in [3.05, 3.63) is 36.2 Å². The number of amides is 1. The van der Waals surface area contributed by atoms with E-state index in [4.69, 9.17) is 0 Å². The Balaban J connectivity index is 2.24. The Bertz CT molecular complexity index is 1130. The summed E-state index contributed by atoms with van der Waals surface area (Å²) in [5, 5.41) is 11.2. The van der Waals surface area contributed by atoms with Gasteiger partial charge in [-0.25, -0.2) is 4.68 Å². The van der Waals surface area contributed by atoms with Crippen LogP contribution in [0.25, 0.3) is 0 Å². The van der Waals surface area contributed by atoms with Gasteiger partial charge in [-0.15, -0.1) is 5.10 Å². The van der Waals surface area contributed by atoms with E-state index in [-0.39, 0.29) is 6.42 Å². The molecule has 1 amide bonds. The number of hydrogen-bond acceptors (Lipinski definition) is 4. The summed E-state index contributed by atoms with van der Waals surface area (Å²) in [5.74, 6) is -51.7. The zero-order chi connectivity index (χ0) is 30.3. The molecule has 2 aromatic rings. The first-order valence-electron chi connectivity index (χ1n) is 9.90. The van der Waals surface area contributed by atoms with Crippen LogP contribution in [0.15, 0.2) is 30.6 Å². The predicted molar refractivity (Wildman–Crippen MR) is 96.9 cm³/mol. The maximum absolute atomic E-state index is 14.0. The second-order valence-electron chi connectivity index (χ2n) is 7.77. The number of halogens is 15. The quantitative estimate of drug-likeness (QED) is 0.341. The number of benzene rings is 1. The molecular formula is C18H12F15N5O. The lowest BCUT2D eigenvalue weighted by molar-refractivity contribution is -0.449. The normalized spacial score (nSPS) is 14.4. The number of nitrogens with zero attached hydrogens (tertiary/aromatic N) is 4. The molecule has 0 saturated carbocycles. The first-order valence-corrected chi connectivity index (χ1v) is 9.90. The smallest absolute Gasteiger partial charge is 0.321 e. The Hall–Kier alpha value is -3.29. The van der Waals surface area contributed by atoms with E-state index < -0.39 is 53.3 Å². The highest BCUT2D eigenvalue weighted by atomic mass is 19.4. The van der Waals surface area contributed by atoms with Crippen LogP contribution in [0, 0.1) is 0 Å². The summed E-state index contributed by atoms with van der Waals surface area (Å²) in [6, 6.07) is 3.72. The predicted octanol–water partition coefficient (Wildman–Crippen LogP) is 5.62. The highest BCUT2D eigenvalue weighted by Gasteiger charge is 2.94. The van der Waals surface area contributed by atoms with Crippen LogP contribution in [-0.4, -0.2) is 67.8 Å². The van der Waals surface area contributed by atoms with Gasteiger partial charge in [0.2, 0.25) is 0 Å². The largest absolute Gasteiger partial charge is 0.460 e. The van der Waals surface area contributed by atoms with Crippen LogP contribution in [0.3, 0.4) is 0 Å². The molecule has 0 spiro atoms. The van der Waals surface area contributed by atoms with E-state index in [0.29, 0.717) is 18.5 Å². The van der Waals surface area contributed by atoms with Crippen molar-refractivity contribution in [1.29, 1.82) is 0 Å². The van der Waals surface area contributed by atoms with Crippen molar-refractivity contribution in [2.45, 2.75) is 61.1 Å². The third kappa shape index (κ3) is 5.30. The molecule has 1 aromatic heterocycles. The van der Waals surface area contributed by atoms with Crippen LogP contribution in [-0.2, 0) is 17.8 Å². The second-order valence-corrected chi connectivity index (χ2v) is 7.77. The van der Waals surface area contributed by atoms with Crippen LogP contribution in [0.1, 0.15) is 12.0 Å². The van der Waals surface area contributed by atoms with Gasteiger partial charge in [0.15, 0.2) is 0 Å². The Morgan fingerprint density at radius 3 is 1.67 bits per heavy atom. The average Bonchev–Trinajstić information content (AvgIpc) is 3.32. The van der Waals surface area contributed by atoms with Gasteiger partial charge in [-0.1, -0.05) is 12.1 Å². The van der Waals surface area contributed by atoms with E-state index in [1.54, 1.807) is 0 Å². The molecule has 1 aromatic carbocycles. The van der Waals surface area contributed by atoms with E-state index >= 15 is 0 Å². The lowest BCUT2D eigenvalue weighted by Gasteiger charge is -2.41. The van der Waals surface area contributed by atoms with Crippen LogP contribution in [0.4, 0.5) is 71.5 Å². The molecule has 0 fully saturated rings. The van der Waals surface area contributed by atoms with E-state index in [9.17, 15) is 70.7 Å². The number of carbonyl (C=O) groups is 1. The summed E-state index contributed by atoms with van der Waals surface area (Å²) in [5.41, 5.74) is -0.402. The number of carbonyl (C=O) groups excluding carboxylic acids is 1. The molecule has 0 bridgehead atoms. The van der Waals surface area contributed by atoms with Gasteiger partial charge in [-0.3, -0.25) is 4.79 Å². The standard InChI is InChI=1S/C18H12F15N5O/c19-12(20,11(39)35-10-5-3-9(4-6-10)2-1-7-38-8-34-36-37-38)13(21,22)14(23,24)15(25,26)16(27,28)17(29,30)18(31,32)33/h3-6,8H,1-2,7H2,(H,35,39). The van der Waals surface area contributed by atoms with Crippen LogP contribution < -0.4 is 5.32 Å². The van der Waals surface area contributed by atoms with Gasteiger partial charge in [0.05, 0.1) is 0 Å². The third-order valence-corrected chi connectivity index (χ3v) is 5.07. The molecule has 6 nitrogen and oxygen atoms in total. The number of anilines is 1. The van der Waals surface area contributed by atoms with Gasteiger partial charge in [-0.2, -0.15) is 65.9 Å². The van der Waals surface area contributed by atoms with Gasteiger partial charge in [0.1, 0.15) is 6.33 Å². The molecule has 0 radical (unpaired) electrons. The molecule has 21 heteroatoms. The van der Waals surface area contributed by atoms with Crippen molar-refractivity contribution in [2.75, 3.05) is 5.32 Å². The molecule has 220 valence electrons. The van der Waals surface area contributed by atoms with E-state index in [2.05, 4.69) is 15.5 Å². The number of rotatable bonds is 11. The van der Waals surface area contributed by atoms with Gasteiger partial charge in [0.25, 0.3) is 0 Å². The first kappa shape index (κ1) is 31.9. The lowest BCUT2D eigenvalue weighted by atomic mass is 9.91. The topological polar surface area (TPSA) is 72.7 Å². The van der Waals surface area contributed by atoms with Crippen molar-refractivity contribution in [3.8, 4) is 0 Å². The van der Waals surface area contributed by atoms with Crippen molar-refractivity contribution >= 4 is 11.6 Å². The molecule has 0 aliphatic rings. The van der Waals surface area contributed by atoms with Crippen molar-refractivity contribution < 1.29 is 70.7 Å². The maximum Gasteiger partial charge on any atom is 0.460 e. The Morgan fingerprint density at radius 1 is 0.718 bits per heavy atom. The minimum absolute atomic E-state index is 0.264. The lowest BCUT2D eigenvalue weighted by Crippen LogP contribution is -2.73. The molecule has 1 N–H and O–H groups in total. The molecule has 2 rings (SSSR count). The van der Waals surface area contributed by atoms with Gasteiger partial charge < -0.3 is 5.32 Å². The first-order chi connectivity index (χ1) is 17.4. The fourth-order valence-corrected chi connectivity index (χ4v) is 2.80. The monoisotopic (exact) mass is 599 g/mol. The molecule has 39 heavy (non-hydrogen) atoms. The van der Waals surface area contributed by atoms with Crippen LogP contribution >= 0.6 is 0 Å². The highest BCUT2D eigenvalue weighted by Crippen LogP contribution is 2.62. The number of aromatic nitrogens is 4. The summed E-state index contributed by atoms with van der Waals surface area (Å²) < 4.78 is 200. The minimum Gasteiger partial charge on any atom is -0.321 e. The number of hydrogen-bond donors (Lipinski definition) is 1. The number of tetrazole rings is 1. The average molecular weight is 599 g/mol. The SMILES string of the molecule is O=C(Nc1ccc(CCCn2cnnn2)cc1)C(F)(F)C(F)(F)C(F)(F)C(F)(F)C(F)(F)C(F)(F)C(F)(F)F. The van der Waals surface area contributed by atoms with E-state index in [1.165, 1.54) is 11.0 Å². The number of nitrogens with one attached hydrogen (secondary N) is 1. The molecule has 0 atom stereocenters. The highest BCUT2D eigenvalue weighted by molar-refractivity contribution is 5.97. The Kier molecular flexibility index (Phi) is 8.21. The van der Waals surface area contributed by atoms with Crippen molar-refractivity contribution in [2.24, 2.45) is 0 Å². The molecule has 0 aliphatic heterocycles. The zero-order valence-corrected chi connectivity index (χ0v) is 18.4. The minimum atomic E-state index is -8.46. The Morgan fingerprint density at radius 2 is 1.21 bits per heavy atom. The summed E-state index contributed by atoms with van der Waals surface area (Å²) in [7, 11) is 0. The van der Waals surface area contributed by atoms with Crippen LogP contribution in [0.5, 0.6) is 0 Å². The zero-order valence-electron chi connectivity index (χ0n) is 18.4. The summed E-state index contributed by atoms with van der Waals surface area (Å²) in [4.78, 5) is 11.6. The van der Waals surface area contributed by atoms with Crippen molar-refractivity contribution in [1.82, 2.24) is 20.2 Å². The van der Waals surface area contributed by atoms with E-state index in [1.807, 2.05) is 0 Å². The third-order valence-electron chi connectivity index (χ3n) is 5.07.